The van der Waals surface area contributed by atoms with Crippen molar-refractivity contribution in [2.45, 2.75) is 19.8 Å². The van der Waals surface area contributed by atoms with E-state index >= 15 is 0 Å². The summed E-state index contributed by atoms with van der Waals surface area (Å²) < 4.78 is 4.88. The second-order valence-corrected chi connectivity index (χ2v) is 4.06. The van der Waals surface area contributed by atoms with Crippen LogP contribution in [-0.4, -0.2) is 30.0 Å². The zero-order valence-electron chi connectivity index (χ0n) is 11.1. The van der Waals surface area contributed by atoms with Gasteiger partial charge in [-0.1, -0.05) is 13.3 Å². The van der Waals surface area contributed by atoms with Gasteiger partial charge in [0.15, 0.2) is 0 Å². The highest BCUT2D eigenvalue weighted by atomic mass is 16.6. The number of carbonyl (C=O) groups is 2. The summed E-state index contributed by atoms with van der Waals surface area (Å²) in [6, 6.07) is 5.12. The number of non-ortho nitro benzene ring substituents is 1. The fourth-order valence-electron chi connectivity index (χ4n) is 1.37. The zero-order chi connectivity index (χ0) is 15.0. The number of nitro benzene ring substituents is 1. The molecule has 0 fully saturated rings. The van der Waals surface area contributed by atoms with Crippen molar-refractivity contribution in [1.29, 1.82) is 0 Å². The summed E-state index contributed by atoms with van der Waals surface area (Å²) in [6.07, 6.45) is 1.70. The van der Waals surface area contributed by atoms with Crippen LogP contribution < -0.4 is 5.32 Å². The molecule has 1 aromatic carbocycles. The van der Waals surface area contributed by atoms with E-state index in [2.05, 4.69) is 5.32 Å². The van der Waals surface area contributed by atoms with Crippen LogP contribution in [0.25, 0.3) is 0 Å². The van der Waals surface area contributed by atoms with Gasteiger partial charge >= 0.3 is 5.97 Å². The number of rotatable bonds is 7. The topological polar surface area (TPSA) is 98.5 Å². The predicted molar refractivity (Wildman–Crippen MR) is 71.3 cm³/mol. The first-order valence-corrected chi connectivity index (χ1v) is 6.23. The Morgan fingerprint density at radius 2 is 1.95 bits per heavy atom. The molecule has 0 aliphatic carbocycles. The molecular formula is C13H16N2O5. The molecule has 0 aromatic heterocycles. The number of nitrogens with zero attached hydrogens (tertiary/aromatic N) is 1. The Morgan fingerprint density at radius 3 is 2.50 bits per heavy atom. The Balaban J connectivity index is 2.42. The Bertz CT molecular complexity index is 484. The van der Waals surface area contributed by atoms with Gasteiger partial charge < -0.3 is 10.1 Å². The molecule has 0 bridgehead atoms. The van der Waals surface area contributed by atoms with E-state index in [0.29, 0.717) is 6.61 Å². The van der Waals surface area contributed by atoms with E-state index in [4.69, 9.17) is 4.74 Å². The van der Waals surface area contributed by atoms with Gasteiger partial charge in [0.05, 0.1) is 11.5 Å². The number of nitrogens with one attached hydrogen (secondary N) is 1. The molecule has 0 aliphatic heterocycles. The minimum Gasteiger partial charge on any atom is -0.464 e. The summed E-state index contributed by atoms with van der Waals surface area (Å²) in [6.45, 7) is 2.09. The van der Waals surface area contributed by atoms with Gasteiger partial charge in [-0.25, -0.2) is 0 Å². The molecule has 1 N–H and O–H groups in total. The normalized spacial score (nSPS) is 9.85. The maximum atomic E-state index is 11.7. The summed E-state index contributed by atoms with van der Waals surface area (Å²) in [7, 11) is 0. The molecule has 0 atom stereocenters. The molecule has 0 saturated carbocycles. The molecule has 0 saturated heterocycles. The monoisotopic (exact) mass is 280 g/mol. The van der Waals surface area contributed by atoms with E-state index in [9.17, 15) is 19.7 Å². The number of esters is 1. The lowest BCUT2D eigenvalue weighted by molar-refractivity contribution is -0.384. The third-order valence-corrected chi connectivity index (χ3v) is 2.49. The quantitative estimate of drug-likeness (QED) is 0.354. The van der Waals surface area contributed by atoms with E-state index in [-0.39, 0.29) is 17.8 Å². The van der Waals surface area contributed by atoms with Crippen molar-refractivity contribution in [3.8, 4) is 0 Å². The van der Waals surface area contributed by atoms with Crippen molar-refractivity contribution in [3.05, 3.63) is 39.9 Å². The Morgan fingerprint density at radius 1 is 1.30 bits per heavy atom. The molecule has 7 nitrogen and oxygen atoms in total. The van der Waals surface area contributed by atoms with Crippen molar-refractivity contribution < 1.29 is 19.2 Å². The summed E-state index contributed by atoms with van der Waals surface area (Å²) >= 11 is 0. The Labute approximate surface area is 116 Å². The Kier molecular flexibility index (Phi) is 6.15. The number of hydrogen-bond donors (Lipinski definition) is 1. The number of unbranched alkanes of at least 4 members (excludes halogenated alkanes) is 1. The molecule has 0 radical (unpaired) electrons. The van der Waals surface area contributed by atoms with Crippen molar-refractivity contribution in [2.24, 2.45) is 0 Å². The maximum Gasteiger partial charge on any atom is 0.325 e. The first kappa shape index (κ1) is 15.6. The van der Waals surface area contributed by atoms with Gasteiger partial charge in [0.2, 0.25) is 0 Å². The van der Waals surface area contributed by atoms with Gasteiger partial charge in [-0.05, 0) is 18.6 Å². The third kappa shape index (κ3) is 5.05. The van der Waals surface area contributed by atoms with Crippen LogP contribution in [0, 0.1) is 10.1 Å². The van der Waals surface area contributed by atoms with E-state index < -0.39 is 16.8 Å². The molecule has 1 amide bonds. The van der Waals surface area contributed by atoms with Crippen molar-refractivity contribution >= 4 is 17.6 Å². The van der Waals surface area contributed by atoms with Crippen molar-refractivity contribution in [2.75, 3.05) is 13.2 Å². The first-order valence-electron chi connectivity index (χ1n) is 6.23. The fourth-order valence-corrected chi connectivity index (χ4v) is 1.37. The van der Waals surface area contributed by atoms with Crippen molar-refractivity contribution in [1.82, 2.24) is 5.32 Å². The highest BCUT2D eigenvalue weighted by Gasteiger charge is 2.11. The van der Waals surface area contributed by atoms with Crippen LogP contribution >= 0.6 is 0 Å². The van der Waals surface area contributed by atoms with Crippen LogP contribution in [0.15, 0.2) is 24.3 Å². The lowest BCUT2D eigenvalue weighted by atomic mass is 10.2. The molecule has 0 spiro atoms. The molecule has 7 heteroatoms. The minimum absolute atomic E-state index is 0.0967. The lowest BCUT2D eigenvalue weighted by Gasteiger charge is -2.06. The smallest absolute Gasteiger partial charge is 0.325 e. The molecule has 1 rings (SSSR count). The summed E-state index contributed by atoms with van der Waals surface area (Å²) in [5.74, 6) is -0.985. The van der Waals surface area contributed by atoms with Gasteiger partial charge in [0.25, 0.3) is 11.6 Å². The summed E-state index contributed by atoms with van der Waals surface area (Å²) in [5.41, 5.74) is 0.150. The fraction of sp³-hybridized carbons (Fsp3) is 0.385. The number of nitro groups is 1. The highest BCUT2D eigenvalue weighted by molar-refractivity contribution is 5.96. The van der Waals surface area contributed by atoms with Crippen LogP contribution in [0.3, 0.4) is 0 Å². The van der Waals surface area contributed by atoms with Gasteiger partial charge in [0.1, 0.15) is 6.54 Å². The largest absolute Gasteiger partial charge is 0.464 e. The number of ether oxygens (including phenoxy) is 1. The number of benzene rings is 1. The predicted octanol–water partition coefficient (Wildman–Crippen LogP) is 1.67. The standard InChI is InChI=1S/C13H16N2O5/c1-2-3-8-20-12(16)9-14-13(17)10-4-6-11(7-5-10)15(18)19/h4-7H,2-3,8-9H2,1H3,(H,14,17). The van der Waals surface area contributed by atoms with Gasteiger partial charge in [-0.3, -0.25) is 19.7 Å². The van der Waals surface area contributed by atoms with Crippen LogP contribution in [0.4, 0.5) is 5.69 Å². The lowest BCUT2D eigenvalue weighted by Crippen LogP contribution is -2.30. The number of carbonyl (C=O) groups excluding carboxylic acids is 2. The van der Waals surface area contributed by atoms with Crippen LogP contribution in [0.1, 0.15) is 30.1 Å². The van der Waals surface area contributed by atoms with Gasteiger partial charge in [0, 0.05) is 17.7 Å². The second-order valence-electron chi connectivity index (χ2n) is 4.06. The van der Waals surface area contributed by atoms with E-state index in [1.165, 1.54) is 24.3 Å². The highest BCUT2D eigenvalue weighted by Crippen LogP contribution is 2.11. The molecule has 0 heterocycles. The molecular weight excluding hydrogens is 264 g/mol. The third-order valence-electron chi connectivity index (χ3n) is 2.49. The molecule has 20 heavy (non-hydrogen) atoms. The average Bonchev–Trinajstić information content (AvgIpc) is 2.45. The first-order chi connectivity index (χ1) is 9.54. The second kappa shape index (κ2) is 7.88. The van der Waals surface area contributed by atoms with Crippen LogP contribution in [-0.2, 0) is 9.53 Å². The van der Waals surface area contributed by atoms with Crippen LogP contribution in [0.2, 0.25) is 0 Å². The van der Waals surface area contributed by atoms with Crippen molar-refractivity contribution in [3.63, 3.8) is 0 Å². The Hall–Kier alpha value is -2.44. The summed E-state index contributed by atoms with van der Waals surface area (Å²) in [5, 5.41) is 12.9. The van der Waals surface area contributed by atoms with E-state index in [0.717, 1.165) is 12.8 Å². The maximum absolute atomic E-state index is 11.7. The SMILES string of the molecule is CCCCOC(=O)CNC(=O)c1ccc([N+](=O)[O-])cc1. The number of hydrogen-bond acceptors (Lipinski definition) is 5. The van der Waals surface area contributed by atoms with E-state index in [1.807, 2.05) is 6.92 Å². The zero-order valence-corrected chi connectivity index (χ0v) is 11.1. The van der Waals surface area contributed by atoms with Crippen LogP contribution in [0.5, 0.6) is 0 Å². The molecule has 1 aromatic rings. The molecule has 0 aliphatic rings. The summed E-state index contributed by atoms with van der Waals surface area (Å²) in [4.78, 5) is 32.9. The molecule has 108 valence electrons. The van der Waals surface area contributed by atoms with E-state index in [1.54, 1.807) is 0 Å². The average molecular weight is 280 g/mol. The number of amides is 1. The molecule has 0 unspecified atom stereocenters. The van der Waals surface area contributed by atoms with Gasteiger partial charge in [-0.2, -0.15) is 0 Å². The minimum atomic E-state index is -0.549. The van der Waals surface area contributed by atoms with Gasteiger partial charge in [-0.15, -0.1) is 0 Å².